The molecular weight excluding hydrogens is 278 g/mol. The fraction of sp³-hybridized carbons (Fsp3) is 0.929. The molecule has 0 spiro atoms. The summed E-state index contributed by atoms with van der Waals surface area (Å²) in [6, 6.07) is -0.712. The molecule has 0 aromatic heterocycles. The standard InChI is InChI=1S/C14H23NO4S/c1-19-13(16)12(15-20(2,17)18)14-6-9-3-10(7-14)5-11(4-9)8-14/h9-12,15H,3-8H2,1-2H3. The third kappa shape index (κ3) is 2.48. The first-order chi connectivity index (χ1) is 9.31. The van der Waals surface area contributed by atoms with Crippen molar-refractivity contribution in [2.45, 2.75) is 44.6 Å². The summed E-state index contributed by atoms with van der Waals surface area (Å²) in [5.74, 6) is 1.55. The summed E-state index contributed by atoms with van der Waals surface area (Å²) in [7, 11) is -2.09. The van der Waals surface area contributed by atoms with Crippen LogP contribution in [0.4, 0.5) is 0 Å². The maximum Gasteiger partial charge on any atom is 0.324 e. The van der Waals surface area contributed by atoms with Gasteiger partial charge in [-0.1, -0.05) is 0 Å². The average Bonchev–Trinajstić information content (AvgIpc) is 2.32. The summed E-state index contributed by atoms with van der Waals surface area (Å²) < 4.78 is 30.7. The van der Waals surface area contributed by atoms with E-state index in [4.69, 9.17) is 4.74 Å². The van der Waals surface area contributed by atoms with Crippen molar-refractivity contribution in [1.29, 1.82) is 0 Å². The number of nitrogens with one attached hydrogen (secondary N) is 1. The molecular formula is C14H23NO4S. The average molecular weight is 301 g/mol. The Hall–Kier alpha value is -0.620. The SMILES string of the molecule is COC(=O)C(NS(C)(=O)=O)C12CC3CC(CC(C3)C1)C2. The van der Waals surface area contributed by atoms with Crippen LogP contribution in [0, 0.1) is 23.2 Å². The molecule has 1 unspecified atom stereocenters. The Morgan fingerprint density at radius 3 is 1.95 bits per heavy atom. The molecule has 0 saturated heterocycles. The van der Waals surface area contributed by atoms with E-state index in [0.717, 1.165) is 25.5 Å². The highest BCUT2D eigenvalue weighted by atomic mass is 32.2. The van der Waals surface area contributed by atoms with Crippen LogP contribution in [0.3, 0.4) is 0 Å². The third-order valence-corrected chi connectivity index (χ3v) is 6.13. The highest BCUT2D eigenvalue weighted by molar-refractivity contribution is 7.88. The number of sulfonamides is 1. The number of methoxy groups -OCH3 is 1. The molecule has 114 valence electrons. The summed E-state index contributed by atoms with van der Waals surface area (Å²) in [4.78, 5) is 12.2. The first kappa shape index (κ1) is 14.3. The van der Waals surface area contributed by atoms with E-state index in [1.54, 1.807) is 0 Å². The molecule has 0 heterocycles. The van der Waals surface area contributed by atoms with Crippen LogP contribution in [0.2, 0.25) is 0 Å². The van der Waals surface area contributed by atoms with Gasteiger partial charge in [-0.3, -0.25) is 4.79 Å². The maximum absolute atomic E-state index is 12.2. The zero-order chi connectivity index (χ0) is 14.5. The van der Waals surface area contributed by atoms with E-state index in [1.807, 2.05) is 0 Å². The molecule has 1 N–H and O–H groups in total. The van der Waals surface area contributed by atoms with Gasteiger partial charge in [0, 0.05) is 0 Å². The lowest BCUT2D eigenvalue weighted by Crippen LogP contribution is -2.59. The van der Waals surface area contributed by atoms with E-state index in [0.29, 0.717) is 17.8 Å². The summed E-state index contributed by atoms with van der Waals surface area (Å²) in [6.07, 6.45) is 7.76. The van der Waals surface area contributed by atoms with Crippen LogP contribution in [0.15, 0.2) is 0 Å². The van der Waals surface area contributed by atoms with Gasteiger partial charge in [-0.25, -0.2) is 13.1 Å². The second kappa shape index (κ2) is 4.70. The minimum atomic E-state index is -3.42. The Morgan fingerprint density at radius 2 is 1.60 bits per heavy atom. The minimum absolute atomic E-state index is 0.217. The second-order valence-electron chi connectivity index (χ2n) is 7.13. The largest absolute Gasteiger partial charge is 0.468 e. The molecule has 4 bridgehead atoms. The fourth-order valence-electron chi connectivity index (χ4n) is 5.29. The smallest absolute Gasteiger partial charge is 0.324 e. The van der Waals surface area contributed by atoms with Crippen LogP contribution in [-0.4, -0.2) is 33.8 Å². The molecule has 5 nitrogen and oxygen atoms in total. The number of esters is 1. The molecule has 20 heavy (non-hydrogen) atoms. The third-order valence-electron chi connectivity index (χ3n) is 5.47. The Morgan fingerprint density at radius 1 is 1.15 bits per heavy atom. The lowest BCUT2D eigenvalue weighted by atomic mass is 9.48. The molecule has 4 saturated carbocycles. The molecule has 0 aromatic carbocycles. The van der Waals surface area contributed by atoms with Gasteiger partial charge in [0.1, 0.15) is 6.04 Å². The monoisotopic (exact) mass is 301 g/mol. The van der Waals surface area contributed by atoms with Crippen molar-refractivity contribution < 1.29 is 17.9 Å². The fourth-order valence-corrected chi connectivity index (χ4v) is 6.06. The van der Waals surface area contributed by atoms with Crippen molar-refractivity contribution in [2.75, 3.05) is 13.4 Å². The lowest BCUT2D eigenvalue weighted by Gasteiger charge is -2.58. The van der Waals surface area contributed by atoms with Crippen molar-refractivity contribution >= 4 is 16.0 Å². The Labute approximate surface area is 120 Å². The van der Waals surface area contributed by atoms with Gasteiger partial charge in [-0.15, -0.1) is 0 Å². The highest BCUT2D eigenvalue weighted by Crippen LogP contribution is 2.61. The van der Waals surface area contributed by atoms with E-state index < -0.39 is 22.0 Å². The lowest BCUT2D eigenvalue weighted by molar-refractivity contribution is -0.153. The molecule has 4 rings (SSSR count). The van der Waals surface area contributed by atoms with E-state index in [9.17, 15) is 13.2 Å². The van der Waals surface area contributed by atoms with Crippen LogP contribution in [0.1, 0.15) is 38.5 Å². The molecule has 0 radical (unpaired) electrons. The van der Waals surface area contributed by atoms with Gasteiger partial charge in [-0.2, -0.15) is 0 Å². The predicted octanol–water partition coefficient (Wildman–Crippen LogP) is 1.29. The predicted molar refractivity (Wildman–Crippen MR) is 74.4 cm³/mol. The maximum atomic E-state index is 12.2. The van der Waals surface area contributed by atoms with Gasteiger partial charge in [0.15, 0.2) is 0 Å². The molecule has 0 aromatic rings. The van der Waals surface area contributed by atoms with Gasteiger partial charge in [-0.05, 0) is 61.7 Å². The van der Waals surface area contributed by atoms with Crippen LogP contribution in [0.5, 0.6) is 0 Å². The number of ether oxygens (including phenoxy) is 1. The van der Waals surface area contributed by atoms with Crippen LogP contribution in [0.25, 0.3) is 0 Å². The zero-order valence-corrected chi connectivity index (χ0v) is 12.9. The number of hydrogen-bond donors (Lipinski definition) is 1. The van der Waals surface area contributed by atoms with Crippen LogP contribution in [-0.2, 0) is 19.6 Å². The van der Waals surface area contributed by atoms with Gasteiger partial charge >= 0.3 is 5.97 Å². The molecule has 4 fully saturated rings. The minimum Gasteiger partial charge on any atom is -0.468 e. The van der Waals surface area contributed by atoms with Crippen molar-refractivity contribution in [3.05, 3.63) is 0 Å². The summed E-state index contributed by atoms with van der Waals surface area (Å²) >= 11 is 0. The zero-order valence-electron chi connectivity index (χ0n) is 12.1. The molecule has 0 aliphatic heterocycles. The van der Waals surface area contributed by atoms with Gasteiger partial charge < -0.3 is 4.74 Å². The molecule has 4 aliphatic carbocycles. The summed E-state index contributed by atoms with van der Waals surface area (Å²) in [5, 5.41) is 0. The van der Waals surface area contributed by atoms with E-state index in [1.165, 1.54) is 26.4 Å². The number of rotatable bonds is 4. The first-order valence-electron chi connectivity index (χ1n) is 7.36. The molecule has 6 heteroatoms. The van der Waals surface area contributed by atoms with E-state index in [-0.39, 0.29) is 5.41 Å². The van der Waals surface area contributed by atoms with E-state index in [2.05, 4.69) is 4.72 Å². The van der Waals surface area contributed by atoms with Crippen molar-refractivity contribution in [3.8, 4) is 0 Å². The van der Waals surface area contributed by atoms with Crippen molar-refractivity contribution in [3.63, 3.8) is 0 Å². The van der Waals surface area contributed by atoms with Crippen molar-refractivity contribution in [1.82, 2.24) is 4.72 Å². The topological polar surface area (TPSA) is 72.5 Å². The van der Waals surface area contributed by atoms with Gasteiger partial charge in [0.2, 0.25) is 10.0 Å². The first-order valence-corrected chi connectivity index (χ1v) is 9.25. The number of hydrogen-bond acceptors (Lipinski definition) is 4. The quantitative estimate of drug-likeness (QED) is 0.794. The van der Waals surface area contributed by atoms with Gasteiger partial charge in [0.25, 0.3) is 0 Å². The Kier molecular flexibility index (Phi) is 3.36. The molecule has 1 atom stereocenters. The van der Waals surface area contributed by atoms with Crippen LogP contribution >= 0.6 is 0 Å². The second-order valence-corrected chi connectivity index (χ2v) is 8.91. The van der Waals surface area contributed by atoms with Crippen molar-refractivity contribution in [2.24, 2.45) is 23.2 Å². The normalized spacial score (nSPS) is 40.6. The highest BCUT2D eigenvalue weighted by Gasteiger charge is 2.56. The summed E-state index contributed by atoms with van der Waals surface area (Å²) in [5.41, 5.74) is -0.217. The number of carbonyl (C=O) groups is 1. The van der Waals surface area contributed by atoms with Gasteiger partial charge in [0.05, 0.1) is 13.4 Å². The molecule has 0 amide bonds. The Balaban J connectivity index is 1.92. The number of carbonyl (C=O) groups excluding carboxylic acids is 1. The van der Waals surface area contributed by atoms with E-state index >= 15 is 0 Å². The van der Waals surface area contributed by atoms with Crippen LogP contribution < -0.4 is 4.72 Å². The summed E-state index contributed by atoms with van der Waals surface area (Å²) in [6.45, 7) is 0. The molecule has 4 aliphatic rings. The Bertz CT molecular complexity index is 478.